The summed E-state index contributed by atoms with van der Waals surface area (Å²) in [6, 6.07) is 14.2. The van der Waals surface area contributed by atoms with Crippen LogP contribution in [0.25, 0.3) is 10.1 Å². The van der Waals surface area contributed by atoms with Crippen LogP contribution in [0, 0.1) is 0 Å². The molecule has 116 valence electrons. The Hall–Kier alpha value is -2.07. The Morgan fingerprint density at radius 1 is 1.17 bits per heavy atom. The SMILES string of the molecule is O=C(O)c1ccccc1OCc1c[se]c(-c2ccc(Cl)cc2)n1. The van der Waals surface area contributed by atoms with Crippen LogP contribution in [-0.2, 0) is 6.61 Å². The molecule has 6 heteroatoms. The van der Waals surface area contributed by atoms with E-state index in [2.05, 4.69) is 4.98 Å². The van der Waals surface area contributed by atoms with Crippen molar-refractivity contribution in [3.8, 4) is 15.9 Å². The van der Waals surface area contributed by atoms with Crippen molar-refractivity contribution in [1.29, 1.82) is 0 Å². The molecule has 23 heavy (non-hydrogen) atoms. The number of ether oxygens (including phenoxy) is 1. The number of carboxylic acid groups (broad SMARTS) is 1. The summed E-state index contributed by atoms with van der Waals surface area (Å²) in [5, 5.41) is 9.84. The number of halogens is 1. The molecule has 3 aromatic rings. The molecule has 0 aliphatic carbocycles. The molecule has 0 fully saturated rings. The van der Waals surface area contributed by atoms with Crippen molar-refractivity contribution in [2.24, 2.45) is 0 Å². The van der Waals surface area contributed by atoms with Gasteiger partial charge in [0.2, 0.25) is 0 Å². The minimum absolute atomic E-state index is 0.138. The first-order chi connectivity index (χ1) is 11.1. The summed E-state index contributed by atoms with van der Waals surface area (Å²) in [5.41, 5.74) is 2.01. The fraction of sp³-hybridized carbons (Fsp3) is 0.0588. The van der Waals surface area contributed by atoms with Crippen molar-refractivity contribution in [3.05, 3.63) is 69.8 Å². The molecule has 0 bridgehead atoms. The fourth-order valence-electron chi connectivity index (χ4n) is 2.02. The molecule has 0 aliphatic rings. The van der Waals surface area contributed by atoms with E-state index < -0.39 is 5.97 Å². The molecule has 0 atom stereocenters. The van der Waals surface area contributed by atoms with Gasteiger partial charge in [0.15, 0.2) is 0 Å². The van der Waals surface area contributed by atoms with E-state index in [0.717, 1.165) is 15.8 Å². The van der Waals surface area contributed by atoms with E-state index in [0.29, 0.717) is 10.8 Å². The maximum atomic E-state index is 11.2. The molecule has 0 saturated carbocycles. The summed E-state index contributed by atoms with van der Waals surface area (Å²) in [6.07, 6.45) is 0. The Labute approximate surface area is 144 Å². The van der Waals surface area contributed by atoms with Crippen LogP contribution in [0.4, 0.5) is 0 Å². The van der Waals surface area contributed by atoms with Crippen LogP contribution in [0.1, 0.15) is 16.1 Å². The van der Waals surface area contributed by atoms with Crippen molar-refractivity contribution in [1.82, 2.24) is 4.98 Å². The summed E-state index contributed by atoms with van der Waals surface area (Å²) in [4.78, 5) is 17.8. The predicted octanol–water partition coefficient (Wildman–Crippen LogP) is 3.74. The average Bonchev–Trinajstić information content (AvgIpc) is 3.03. The van der Waals surface area contributed by atoms with Crippen molar-refractivity contribution in [2.75, 3.05) is 0 Å². The molecule has 0 aliphatic heterocycles. The second kappa shape index (κ2) is 7.00. The van der Waals surface area contributed by atoms with Gasteiger partial charge in [-0.05, 0) is 0 Å². The van der Waals surface area contributed by atoms with Crippen LogP contribution >= 0.6 is 11.6 Å². The zero-order chi connectivity index (χ0) is 16.2. The average molecular weight is 393 g/mol. The molecule has 1 heterocycles. The van der Waals surface area contributed by atoms with E-state index in [-0.39, 0.29) is 26.7 Å². The van der Waals surface area contributed by atoms with Gasteiger partial charge in [0.1, 0.15) is 0 Å². The molecule has 0 amide bonds. The predicted molar refractivity (Wildman–Crippen MR) is 89.4 cm³/mol. The molecule has 0 radical (unpaired) electrons. The number of para-hydroxylation sites is 1. The number of aromatic nitrogens is 1. The first-order valence-electron chi connectivity index (χ1n) is 6.79. The third kappa shape index (κ3) is 3.82. The van der Waals surface area contributed by atoms with Gasteiger partial charge >= 0.3 is 144 Å². The van der Waals surface area contributed by atoms with Gasteiger partial charge < -0.3 is 0 Å². The number of benzene rings is 2. The number of carbonyl (C=O) groups is 1. The summed E-state index contributed by atoms with van der Waals surface area (Å²) in [5.74, 6) is -0.654. The second-order valence-corrected chi connectivity index (χ2v) is 6.98. The standard InChI is InChI=1S/C17H12ClNO3Se/c18-12-7-5-11(6-8-12)16-19-13(10-23-16)9-22-15-4-2-1-3-14(15)17(20)21/h1-8,10H,9H2,(H,20,21). The van der Waals surface area contributed by atoms with Crippen LogP contribution in [0.3, 0.4) is 0 Å². The first kappa shape index (κ1) is 15.8. The first-order valence-corrected chi connectivity index (χ1v) is 9.01. The summed E-state index contributed by atoms with van der Waals surface area (Å²) in [6.45, 7) is 0.253. The molecule has 4 nitrogen and oxygen atoms in total. The van der Waals surface area contributed by atoms with Gasteiger partial charge in [-0.15, -0.1) is 0 Å². The van der Waals surface area contributed by atoms with E-state index in [1.54, 1.807) is 18.2 Å². The number of hydrogen-bond acceptors (Lipinski definition) is 3. The Kier molecular flexibility index (Phi) is 4.82. The quantitative estimate of drug-likeness (QED) is 0.672. The molecule has 3 rings (SSSR count). The third-order valence-electron chi connectivity index (χ3n) is 3.14. The molecule has 2 aromatic carbocycles. The normalized spacial score (nSPS) is 10.5. The van der Waals surface area contributed by atoms with E-state index in [1.165, 1.54) is 6.07 Å². The van der Waals surface area contributed by atoms with Crippen LogP contribution in [-0.4, -0.2) is 30.6 Å². The maximum absolute atomic E-state index is 11.2. The zero-order valence-corrected chi connectivity index (χ0v) is 14.4. The van der Waals surface area contributed by atoms with Crippen molar-refractivity contribution >= 4 is 32.1 Å². The van der Waals surface area contributed by atoms with E-state index >= 15 is 0 Å². The van der Waals surface area contributed by atoms with Gasteiger partial charge in [0, 0.05) is 0 Å². The van der Waals surface area contributed by atoms with Crippen LogP contribution in [0.15, 0.2) is 53.5 Å². The van der Waals surface area contributed by atoms with Crippen LogP contribution in [0.5, 0.6) is 5.75 Å². The Bertz CT molecular complexity index is 830. The van der Waals surface area contributed by atoms with E-state index in [9.17, 15) is 4.79 Å². The third-order valence-corrected chi connectivity index (χ3v) is 5.36. The second-order valence-electron chi connectivity index (χ2n) is 4.74. The summed E-state index contributed by atoms with van der Waals surface area (Å²) >= 11 is 6.03. The van der Waals surface area contributed by atoms with Gasteiger partial charge in [0.05, 0.1) is 0 Å². The topological polar surface area (TPSA) is 59.4 Å². The van der Waals surface area contributed by atoms with Gasteiger partial charge in [-0.3, -0.25) is 0 Å². The number of rotatable bonds is 5. The zero-order valence-electron chi connectivity index (χ0n) is 11.9. The van der Waals surface area contributed by atoms with E-state index in [4.69, 9.17) is 21.4 Å². The van der Waals surface area contributed by atoms with Crippen LogP contribution < -0.4 is 4.74 Å². The Morgan fingerprint density at radius 3 is 2.65 bits per heavy atom. The number of carboxylic acids is 1. The van der Waals surface area contributed by atoms with Gasteiger partial charge in [0.25, 0.3) is 0 Å². The summed E-state index contributed by atoms with van der Waals surface area (Å²) < 4.78 is 6.63. The van der Waals surface area contributed by atoms with Crippen molar-refractivity contribution < 1.29 is 14.6 Å². The van der Waals surface area contributed by atoms with E-state index in [1.807, 2.05) is 29.2 Å². The number of hydrogen-bond donors (Lipinski definition) is 1. The molecule has 1 aromatic heterocycles. The summed E-state index contributed by atoms with van der Waals surface area (Å²) in [7, 11) is 0. The fourth-order valence-corrected chi connectivity index (χ4v) is 3.85. The van der Waals surface area contributed by atoms with Gasteiger partial charge in [-0.25, -0.2) is 0 Å². The monoisotopic (exact) mass is 393 g/mol. The van der Waals surface area contributed by atoms with Crippen LogP contribution in [0.2, 0.25) is 5.02 Å². The molecule has 0 saturated heterocycles. The minimum atomic E-state index is -1.00. The molecular weight excluding hydrogens is 381 g/mol. The Balaban J connectivity index is 1.73. The molecule has 0 spiro atoms. The van der Waals surface area contributed by atoms with Gasteiger partial charge in [-0.2, -0.15) is 0 Å². The molecular formula is C17H12ClNO3Se. The Morgan fingerprint density at radius 2 is 1.91 bits per heavy atom. The molecule has 0 unspecified atom stereocenters. The van der Waals surface area contributed by atoms with Crippen molar-refractivity contribution in [3.63, 3.8) is 0 Å². The van der Waals surface area contributed by atoms with Gasteiger partial charge in [-0.1, -0.05) is 0 Å². The number of aromatic carboxylic acids is 1. The molecule has 1 N–H and O–H groups in total. The van der Waals surface area contributed by atoms with Crippen molar-refractivity contribution in [2.45, 2.75) is 6.61 Å². The number of nitrogens with zero attached hydrogens (tertiary/aromatic N) is 1.